The van der Waals surface area contributed by atoms with Crippen LogP contribution in [0.15, 0.2) is 22.8 Å². The average Bonchev–Trinajstić information content (AvgIpc) is 2.92. The molecule has 0 aliphatic heterocycles. The number of aromatic nitrogens is 2. The van der Waals surface area contributed by atoms with Crippen LogP contribution in [0.4, 0.5) is 5.69 Å². The van der Waals surface area contributed by atoms with Crippen molar-refractivity contribution in [3.8, 4) is 0 Å². The number of nitrogens with one attached hydrogen (secondary N) is 2. The summed E-state index contributed by atoms with van der Waals surface area (Å²) in [7, 11) is 1.91. The predicted octanol–water partition coefficient (Wildman–Crippen LogP) is 2.12. The fourth-order valence-corrected chi connectivity index (χ4v) is 1.87. The molecule has 0 aliphatic rings. The maximum Gasteiger partial charge on any atom is 0.171 e. The molecule has 0 aromatic carbocycles. The standard InChI is InChI=1S/C12H16N4OS/c1-8-11(9(2)16(3)15-8)14-12(18)13-7-10-5-4-6-17-10/h4-6H,7H2,1-3H3,(H2,13,14,18). The number of nitrogens with zero attached hydrogens (tertiary/aromatic N) is 2. The molecule has 18 heavy (non-hydrogen) atoms. The molecule has 0 saturated carbocycles. The Bertz CT molecular complexity index is 545. The minimum Gasteiger partial charge on any atom is -0.467 e. The first-order chi connectivity index (χ1) is 8.58. The van der Waals surface area contributed by atoms with E-state index in [9.17, 15) is 0 Å². The molecule has 6 heteroatoms. The van der Waals surface area contributed by atoms with E-state index >= 15 is 0 Å². The van der Waals surface area contributed by atoms with Gasteiger partial charge in [-0.1, -0.05) is 0 Å². The Labute approximate surface area is 111 Å². The summed E-state index contributed by atoms with van der Waals surface area (Å²) in [4.78, 5) is 0. The highest BCUT2D eigenvalue weighted by Crippen LogP contribution is 2.17. The second kappa shape index (κ2) is 5.22. The van der Waals surface area contributed by atoms with Gasteiger partial charge in [0.25, 0.3) is 0 Å². The third-order valence-corrected chi connectivity index (χ3v) is 3.00. The van der Waals surface area contributed by atoms with Gasteiger partial charge in [-0.25, -0.2) is 0 Å². The summed E-state index contributed by atoms with van der Waals surface area (Å²) in [6.45, 7) is 4.51. The Balaban J connectivity index is 1.95. The minimum absolute atomic E-state index is 0.561. The van der Waals surface area contributed by atoms with E-state index in [1.165, 1.54) is 0 Å². The van der Waals surface area contributed by atoms with Crippen molar-refractivity contribution in [2.45, 2.75) is 20.4 Å². The van der Waals surface area contributed by atoms with Crippen molar-refractivity contribution in [1.29, 1.82) is 0 Å². The zero-order chi connectivity index (χ0) is 13.1. The quantitative estimate of drug-likeness (QED) is 0.832. The zero-order valence-electron chi connectivity index (χ0n) is 10.7. The van der Waals surface area contributed by atoms with Gasteiger partial charge in [-0.15, -0.1) is 0 Å². The van der Waals surface area contributed by atoms with Crippen molar-refractivity contribution in [2.24, 2.45) is 7.05 Å². The van der Waals surface area contributed by atoms with Gasteiger partial charge in [-0.05, 0) is 38.2 Å². The summed E-state index contributed by atoms with van der Waals surface area (Å²) >= 11 is 5.24. The molecule has 5 nitrogen and oxygen atoms in total. The van der Waals surface area contributed by atoms with Gasteiger partial charge in [-0.3, -0.25) is 4.68 Å². The van der Waals surface area contributed by atoms with Crippen molar-refractivity contribution >= 4 is 23.0 Å². The van der Waals surface area contributed by atoms with E-state index < -0.39 is 0 Å². The molecule has 2 N–H and O–H groups in total. The first-order valence-electron chi connectivity index (χ1n) is 5.65. The summed E-state index contributed by atoms with van der Waals surface area (Å²) < 4.78 is 7.05. The predicted molar refractivity (Wildman–Crippen MR) is 74.5 cm³/mol. The second-order valence-electron chi connectivity index (χ2n) is 4.06. The van der Waals surface area contributed by atoms with Crippen LogP contribution in [0.1, 0.15) is 17.1 Å². The van der Waals surface area contributed by atoms with Crippen LogP contribution in [0.2, 0.25) is 0 Å². The van der Waals surface area contributed by atoms with Gasteiger partial charge in [0.1, 0.15) is 5.76 Å². The van der Waals surface area contributed by atoms with Crippen molar-refractivity contribution < 1.29 is 4.42 Å². The molecule has 0 amide bonds. The Morgan fingerprint density at radius 3 is 2.83 bits per heavy atom. The van der Waals surface area contributed by atoms with Crippen LogP contribution in [0.5, 0.6) is 0 Å². The smallest absolute Gasteiger partial charge is 0.171 e. The van der Waals surface area contributed by atoms with Gasteiger partial charge in [0.15, 0.2) is 5.11 Å². The Morgan fingerprint density at radius 1 is 1.50 bits per heavy atom. The number of rotatable bonds is 3. The number of anilines is 1. The van der Waals surface area contributed by atoms with E-state index in [-0.39, 0.29) is 0 Å². The highest BCUT2D eigenvalue weighted by molar-refractivity contribution is 7.80. The lowest BCUT2D eigenvalue weighted by Crippen LogP contribution is -2.28. The summed E-state index contributed by atoms with van der Waals surface area (Å²) in [5, 5.41) is 11.1. The molecule has 0 unspecified atom stereocenters. The first kappa shape index (κ1) is 12.6. The Kier molecular flexibility index (Phi) is 3.66. The van der Waals surface area contributed by atoms with Crippen LogP contribution in [-0.2, 0) is 13.6 Å². The third kappa shape index (κ3) is 2.70. The molecule has 0 atom stereocenters. The fourth-order valence-electron chi connectivity index (χ4n) is 1.69. The Morgan fingerprint density at radius 2 is 2.28 bits per heavy atom. The molecule has 0 bridgehead atoms. The van der Waals surface area contributed by atoms with Crippen LogP contribution in [0, 0.1) is 13.8 Å². The average molecular weight is 264 g/mol. The molecule has 0 spiro atoms. The monoisotopic (exact) mass is 264 g/mol. The Hall–Kier alpha value is -1.82. The largest absolute Gasteiger partial charge is 0.467 e. The maximum atomic E-state index is 5.24. The molecular weight excluding hydrogens is 248 g/mol. The van der Waals surface area contributed by atoms with Crippen molar-refractivity contribution in [2.75, 3.05) is 5.32 Å². The minimum atomic E-state index is 0.561. The van der Waals surface area contributed by atoms with Gasteiger partial charge in [0.2, 0.25) is 0 Å². The topological polar surface area (TPSA) is 55.0 Å². The van der Waals surface area contributed by atoms with Crippen LogP contribution < -0.4 is 10.6 Å². The SMILES string of the molecule is Cc1nn(C)c(C)c1NC(=S)NCc1ccco1. The van der Waals surface area contributed by atoms with E-state index in [1.54, 1.807) is 6.26 Å². The molecule has 2 aromatic rings. The molecule has 2 rings (SSSR count). The lowest BCUT2D eigenvalue weighted by atomic mass is 10.3. The fraction of sp³-hybridized carbons (Fsp3) is 0.333. The number of hydrogen-bond acceptors (Lipinski definition) is 3. The van der Waals surface area contributed by atoms with Crippen LogP contribution in [-0.4, -0.2) is 14.9 Å². The van der Waals surface area contributed by atoms with Gasteiger partial charge in [-0.2, -0.15) is 5.10 Å². The molecule has 0 aliphatic carbocycles. The molecule has 2 heterocycles. The summed E-state index contributed by atoms with van der Waals surface area (Å²) in [5.41, 5.74) is 2.93. The van der Waals surface area contributed by atoms with E-state index in [0.29, 0.717) is 11.7 Å². The zero-order valence-corrected chi connectivity index (χ0v) is 11.5. The normalized spacial score (nSPS) is 10.4. The number of thiocarbonyl (C=S) groups is 1. The lowest BCUT2D eigenvalue weighted by Gasteiger charge is -2.09. The molecule has 2 aromatic heterocycles. The van der Waals surface area contributed by atoms with Crippen molar-refractivity contribution in [3.05, 3.63) is 35.5 Å². The van der Waals surface area contributed by atoms with Crippen molar-refractivity contribution in [1.82, 2.24) is 15.1 Å². The maximum absolute atomic E-state index is 5.24. The van der Waals surface area contributed by atoms with E-state index in [1.807, 2.05) is 37.7 Å². The molecule has 0 radical (unpaired) electrons. The van der Waals surface area contributed by atoms with Crippen LogP contribution >= 0.6 is 12.2 Å². The number of hydrogen-bond donors (Lipinski definition) is 2. The lowest BCUT2D eigenvalue weighted by molar-refractivity contribution is 0.503. The van der Waals surface area contributed by atoms with Gasteiger partial charge in [0, 0.05) is 7.05 Å². The molecule has 0 fully saturated rings. The van der Waals surface area contributed by atoms with Gasteiger partial charge < -0.3 is 15.1 Å². The number of furan rings is 1. The van der Waals surface area contributed by atoms with Crippen molar-refractivity contribution in [3.63, 3.8) is 0 Å². The molecule has 96 valence electrons. The van der Waals surface area contributed by atoms with Gasteiger partial charge >= 0.3 is 0 Å². The third-order valence-electron chi connectivity index (χ3n) is 2.75. The van der Waals surface area contributed by atoms with Gasteiger partial charge in [0.05, 0.1) is 29.9 Å². The first-order valence-corrected chi connectivity index (χ1v) is 6.06. The van der Waals surface area contributed by atoms with E-state index in [4.69, 9.17) is 16.6 Å². The highest BCUT2D eigenvalue weighted by Gasteiger charge is 2.10. The highest BCUT2D eigenvalue weighted by atomic mass is 32.1. The van der Waals surface area contributed by atoms with E-state index in [0.717, 1.165) is 22.8 Å². The van der Waals surface area contributed by atoms with E-state index in [2.05, 4.69) is 15.7 Å². The summed E-state index contributed by atoms with van der Waals surface area (Å²) in [6, 6.07) is 3.75. The summed E-state index contributed by atoms with van der Waals surface area (Å²) in [5.74, 6) is 0.846. The van der Waals surface area contributed by atoms with Crippen LogP contribution in [0.25, 0.3) is 0 Å². The van der Waals surface area contributed by atoms with Crippen LogP contribution in [0.3, 0.4) is 0 Å². The number of aryl methyl sites for hydroxylation is 2. The second-order valence-corrected chi connectivity index (χ2v) is 4.46. The molecule has 0 saturated heterocycles. The summed E-state index contributed by atoms with van der Waals surface area (Å²) in [6.07, 6.45) is 1.64. The molecular formula is C12H16N4OS.